The van der Waals surface area contributed by atoms with Gasteiger partial charge in [0.15, 0.2) is 41.2 Å². The molecule has 4 aromatic heterocycles. The Morgan fingerprint density at radius 2 is 1.74 bits per heavy atom. The van der Waals surface area contributed by atoms with E-state index < -0.39 is 67.3 Å². The Morgan fingerprint density at radius 3 is 2.48 bits per heavy atom. The molecule has 8 atom stereocenters. The highest BCUT2D eigenvalue weighted by Crippen LogP contribution is 2.35. The molecule has 42 heavy (non-hydrogen) atoms. The lowest BCUT2D eigenvalue weighted by molar-refractivity contribution is -0.0583. The second-order valence-electron chi connectivity index (χ2n) is 9.60. The lowest BCUT2D eigenvalue weighted by atomic mass is 10.1. The molecule has 0 aliphatic carbocycles. The first-order valence-corrected chi connectivity index (χ1v) is 12.6. The van der Waals surface area contributed by atoms with Crippen molar-refractivity contribution in [1.82, 2.24) is 44.4 Å². The average molecular weight is 590 g/mol. The third kappa shape index (κ3) is 4.55. The predicted molar refractivity (Wildman–Crippen MR) is 138 cm³/mol. The standard InChI is InChI=1S/C22H27N11O9/c1-39-14-13(8(3-34)41-20(14)32-5-28-9-15(23)26-4-27-16(9)32)42-22(38)25-2-7-11(35)12(36)19(40-7)33-6-29-10-17(33)30-21(24)31-18(10)37/h4-8,11-14,19-20,34-36H,2-3H2,1H3,(H,25,38)(H2,23,26,27)(H3,24,30,31,37)/t7-,8-,11-,12-,13-,14-,19-,20-/m1/s1. The van der Waals surface area contributed by atoms with E-state index in [1.54, 1.807) is 0 Å². The number of aliphatic hydroxyl groups is 3. The van der Waals surface area contributed by atoms with E-state index in [0.717, 1.165) is 0 Å². The fraction of sp³-hybridized carbons (Fsp3) is 0.500. The first kappa shape index (κ1) is 27.7. The van der Waals surface area contributed by atoms with Gasteiger partial charge < -0.3 is 51.1 Å². The number of alkyl carbamates (subject to hydrolysis) is 1. The zero-order valence-electron chi connectivity index (χ0n) is 21.8. The smallest absolute Gasteiger partial charge is 0.407 e. The molecule has 4 aromatic rings. The number of carbonyl (C=O) groups is 1. The molecule has 2 aliphatic heterocycles. The lowest BCUT2D eigenvalue weighted by Gasteiger charge is -2.23. The van der Waals surface area contributed by atoms with Crippen LogP contribution in [-0.4, -0.2) is 117 Å². The van der Waals surface area contributed by atoms with Crippen LogP contribution in [0.5, 0.6) is 0 Å². The molecule has 0 radical (unpaired) electrons. The molecule has 2 aliphatic rings. The Labute approximate surface area is 234 Å². The minimum absolute atomic E-state index is 0.0387. The van der Waals surface area contributed by atoms with Gasteiger partial charge in [0.2, 0.25) is 5.95 Å². The number of anilines is 2. The van der Waals surface area contributed by atoms with Crippen molar-refractivity contribution in [1.29, 1.82) is 0 Å². The van der Waals surface area contributed by atoms with E-state index in [2.05, 4.69) is 35.2 Å². The van der Waals surface area contributed by atoms with Gasteiger partial charge in [0, 0.05) is 13.7 Å². The van der Waals surface area contributed by atoms with Crippen molar-refractivity contribution in [3.63, 3.8) is 0 Å². The second-order valence-corrected chi connectivity index (χ2v) is 9.60. The number of aliphatic hydroxyl groups excluding tert-OH is 3. The number of hydrogen-bond acceptors (Lipinski definition) is 16. The summed E-state index contributed by atoms with van der Waals surface area (Å²) < 4.78 is 25.6. The summed E-state index contributed by atoms with van der Waals surface area (Å²) in [5.74, 6) is -0.00823. The van der Waals surface area contributed by atoms with E-state index in [1.165, 1.54) is 35.2 Å². The van der Waals surface area contributed by atoms with Gasteiger partial charge in [-0.2, -0.15) is 4.98 Å². The van der Waals surface area contributed by atoms with Crippen LogP contribution in [0.1, 0.15) is 12.5 Å². The summed E-state index contributed by atoms with van der Waals surface area (Å²) in [6, 6.07) is 0. The average Bonchev–Trinajstić information content (AvgIpc) is 3.72. The molecule has 0 aromatic carbocycles. The van der Waals surface area contributed by atoms with Crippen LogP contribution in [0.25, 0.3) is 22.3 Å². The van der Waals surface area contributed by atoms with Gasteiger partial charge in [0.25, 0.3) is 5.56 Å². The molecule has 0 bridgehead atoms. The van der Waals surface area contributed by atoms with Crippen LogP contribution in [0.2, 0.25) is 0 Å². The van der Waals surface area contributed by atoms with E-state index in [1.807, 2.05) is 0 Å². The highest BCUT2D eigenvalue weighted by Gasteiger charge is 2.49. The van der Waals surface area contributed by atoms with Gasteiger partial charge in [-0.3, -0.25) is 18.9 Å². The first-order valence-electron chi connectivity index (χ1n) is 12.6. The van der Waals surface area contributed by atoms with Gasteiger partial charge in [-0.25, -0.2) is 24.7 Å². The SMILES string of the molecule is CO[C@@H]1[C@H](OC(=O)NC[C@H]2O[C@@H](n3cnc4c(=O)[nH]c(N)nc43)[C@H](O)[C@@H]2O)[C@@H](CO)O[C@H]1n1cnc2c(N)ncnc21. The topological polar surface area (TPSA) is 286 Å². The number of methoxy groups -OCH3 is 1. The molecule has 2 fully saturated rings. The number of fused-ring (bicyclic) bond motifs is 2. The fourth-order valence-electron chi connectivity index (χ4n) is 5.13. The summed E-state index contributed by atoms with van der Waals surface area (Å²) in [5.41, 5.74) is 11.6. The Hall–Kier alpha value is -4.47. The molecule has 0 saturated carbocycles. The third-order valence-electron chi connectivity index (χ3n) is 7.15. The zero-order valence-corrected chi connectivity index (χ0v) is 21.8. The number of aromatic nitrogens is 8. The van der Waals surface area contributed by atoms with Crippen LogP contribution in [-0.2, 0) is 18.9 Å². The largest absolute Gasteiger partial charge is 0.440 e. The van der Waals surface area contributed by atoms with Gasteiger partial charge in [-0.15, -0.1) is 0 Å². The van der Waals surface area contributed by atoms with Crippen LogP contribution in [0.4, 0.5) is 16.6 Å². The maximum Gasteiger partial charge on any atom is 0.407 e. The number of rotatable bonds is 7. The number of nitrogens with two attached hydrogens (primary N) is 2. The number of amides is 1. The number of carbonyl (C=O) groups excluding carboxylic acids is 1. The van der Waals surface area contributed by atoms with E-state index >= 15 is 0 Å². The van der Waals surface area contributed by atoms with Crippen LogP contribution < -0.4 is 22.3 Å². The Balaban J connectivity index is 1.13. The number of imidazole rings is 2. The maximum atomic E-state index is 12.8. The number of nitrogen functional groups attached to an aromatic ring is 2. The van der Waals surface area contributed by atoms with Crippen LogP contribution >= 0.6 is 0 Å². The number of aromatic amines is 1. The van der Waals surface area contributed by atoms with E-state index in [9.17, 15) is 24.9 Å². The van der Waals surface area contributed by atoms with Crippen molar-refractivity contribution in [2.24, 2.45) is 0 Å². The molecule has 20 heteroatoms. The van der Waals surface area contributed by atoms with E-state index in [-0.39, 0.29) is 29.5 Å². The summed E-state index contributed by atoms with van der Waals surface area (Å²) in [6.45, 7) is -0.784. The molecule has 224 valence electrons. The molecule has 9 N–H and O–H groups in total. The van der Waals surface area contributed by atoms with Crippen molar-refractivity contribution >= 4 is 40.2 Å². The third-order valence-corrected chi connectivity index (χ3v) is 7.15. The van der Waals surface area contributed by atoms with E-state index in [4.69, 9.17) is 30.4 Å². The molecule has 6 heterocycles. The van der Waals surface area contributed by atoms with Crippen LogP contribution in [0.15, 0.2) is 23.8 Å². The molecule has 0 unspecified atom stereocenters. The highest BCUT2D eigenvalue weighted by atomic mass is 16.6. The van der Waals surface area contributed by atoms with Gasteiger partial charge in [0.05, 0.1) is 19.3 Å². The van der Waals surface area contributed by atoms with Crippen LogP contribution in [0, 0.1) is 0 Å². The Bertz CT molecular complexity index is 1670. The Morgan fingerprint density at radius 1 is 1.02 bits per heavy atom. The second kappa shape index (κ2) is 10.7. The van der Waals surface area contributed by atoms with Gasteiger partial charge in [-0.1, -0.05) is 0 Å². The summed E-state index contributed by atoms with van der Waals surface area (Å²) in [5, 5.41) is 33.7. The van der Waals surface area contributed by atoms with Crippen LogP contribution in [0.3, 0.4) is 0 Å². The van der Waals surface area contributed by atoms with Gasteiger partial charge >= 0.3 is 6.09 Å². The highest BCUT2D eigenvalue weighted by molar-refractivity contribution is 5.81. The van der Waals surface area contributed by atoms with Gasteiger partial charge in [-0.05, 0) is 0 Å². The number of nitrogens with one attached hydrogen (secondary N) is 2. The lowest BCUT2D eigenvalue weighted by Crippen LogP contribution is -2.44. The normalized spacial score (nSPS) is 29.4. The van der Waals surface area contributed by atoms with Crippen molar-refractivity contribution in [2.45, 2.75) is 49.1 Å². The quantitative estimate of drug-likeness (QED) is 0.111. The molecular formula is C22H27N11O9. The molecule has 1 amide bonds. The molecule has 2 saturated heterocycles. The molecule has 0 spiro atoms. The number of nitrogens with zero attached hydrogens (tertiary/aromatic N) is 7. The molecule has 20 nitrogen and oxygen atoms in total. The molecular weight excluding hydrogens is 562 g/mol. The minimum atomic E-state index is -1.46. The maximum absolute atomic E-state index is 12.8. The van der Waals surface area contributed by atoms with E-state index in [0.29, 0.717) is 11.2 Å². The molecule has 6 rings (SSSR count). The minimum Gasteiger partial charge on any atom is -0.440 e. The van der Waals surface area contributed by atoms with Crippen molar-refractivity contribution in [3.8, 4) is 0 Å². The number of H-pyrrole nitrogens is 1. The first-order chi connectivity index (χ1) is 20.2. The van der Waals surface area contributed by atoms with Crippen molar-refractivity contribution in [2.75, 3.05) is 31.7 Å². The summed E-state index contributed by atoms with van der Waals surface area (Å²) in [4.78, 5) is 47.5. The predicted octanol–water partition coefficient (Wildman–Crippen LogP) is -3.26. The number of ether oxygens (including phenoxy) is 4. The fourth-order valence-corrected chi connectivity index (χ4v) is 5.13. The number of hydrogen-bond donors (Lipinski definition) is 7. The Kier molecular flexibility index (Phi) is 7.08. The van der Waals surface area contributed by atoms with Crippen molar-refractivity contribution < 1.29 is 39.1 Å². The monoisotopic (exact) mass is 589 g/mol. The summed E-state index contributed by atoms with van der Waals surface area (Å²) in [6.07, 6.45) is -6.03. The van der Waals surface area contributed by atoms with Gasteiger partial charge in [0.1, 0.15) is 42.4 Å². The summed E-state index contributed by atoms with van der Waals surface area (Å²) in [7, 11) is 1.39. The zero-order chi connectivity index (χ0) is 29.7. The van der Waals surface area contributed by atoms with Crippen molar-refractivity contribution in [3.05, 3.63) is 29.3 Å². The summed E-state index contributed by atoms with van der Waals surface area (Å²) >= 11 is 0.